The molecule has 0 saturated carbocycles. The molecule has 1 amide bonds. The van der Waals surface area contributed by atoms with Crippen LogP contribution in [0.25, 0.3) is 0 Å². The number of nitrogens with zero attached hydrogens (tertiary/aromatic N) is 2. The topological polar surface area (TPSA) is 112 Å². The lowest BCUT2D eigenvalue weighted by molar-refractivity contribution is 0.0951. The molecule has 0 unspecified atom stereocenters. The summed E-state index contributed by atoms with van der Waals surface area (Å²) in [5.74, 6) is 0.554. The standard InChI is InChI=1S/C20H20N4O5S/c1-13-3-4-15(20(25)21-9-14-10-22-24(2)11-14)7-17(13)23-30(26,27)16-5-6-18-19(8-16)29-12-28-18/h3-8,10-11,23H,9,12H2,1-2H3,(H,21,25). The fraction of sp³-hybridized carbons (Fsp3) is 0.200. The number of ether oxygens (including phenoxy) is 2. The number of aryl methyl sites for hydroxylation is 2. The summed E-state index contributed by atoms with van der Waals surface area (Å²) < 4.78 is 40.3. The lowest BCUT2D eigenvalue weighted by atomic mass is 10.1. The molecule has 0 saturated heterocycles. The molecule has 0 spiro atoms. The number of amides is 1. The summed E-state index contributed by atoms with van der Waals surface area (Å²) >= 11 is 0. The number of anilines is 1. The first-order valence-corrected chi connectivity index (χ1v) is 10.6. The van der Waals surface area contributed by atoms with Gasteiger partial charge in [-0.3, -0.25) is 14.2 Å². The zero-order valence-corrected chi connectivity index (χ0v) is 17.2. The second-order valence-corrected chi connectivity index (χ2v) is 8.54. The number of benzene rings is 2. The van der Waals surface area contributed by atoms with Crippen molar-refractivity contribution in [2.45, 2.75) is 18.4 Å². The highest BCUT2D eigenvalue weighted by Gasteiger charge is 2.21. The highest BCUT2D eigenvalue weighted by atomic mass is 32.2. The van der Waals surface area contributed by atoms with Crippen LogP contribution in [0.3, 0.4) is 0 Å². The molecule has 30 heavy (non-hydrogen) atoms. The number of carbonyl (C=O) groups is 1. The molecule has 10 heteroatoms. The van der Waals surface area contributed by atoms with E-state index in [1.165, 1.54) is 18.2 Å². The maximum atomic E-state index is 12.8. The predicted octanol–water partition coefficient (Wildman–Crippen LogP) is 2.19. The smallest absolute Gasteiger partial charge is 0.262 e. The molecule has 1 aromatic heterocycles. The van der Waals surface area contributed by atoms with E-state index in [2.05, 4.69) is 15.1 Å². The first kappa shape index (κ1) is 19.8. The maximum absolute atomic E-state index is 12.8. The number of carbonyl (C=O) groups excluding carboxylic acids is 1. The number of rotatable bonds is 6. The second kappa shape index (κ2) is 7.71. The van der Waals surface area contributed by atoms with E-state index < -0.39 is 10.0 Å². The van der Waals surface area contributed by atoms with Crippen LogP contribution in [-0.2, 0) is 23.6 Å². The van der Waals surface area contributed by atoms with Crippen LogP contribution in [0.4, 0.5) is 5.69 Å². The lowest BCUT2D eigenvalue weighted by Gasteiger charge is -2.13. The van der Waals surface area contributed by atoms with Gasteiger partial charge in [0.2, 0.25) is 6.79 Å². The Hall–Kier alpha value is -3.53. The summed E-state index contributed by atoms with van der Waals surface area (Å²) in [5, 5.41) is 6.85. The SMILES string of the molecule is Cc1ccc(C(=O)NCc2cnn(C)c2)cc1NS(=O)(=O)c1ccc2c(c1)OCO2. The number of hydrogen-bond acceptors (Lipinski definition) is 6. The van der Waals surface area contributed by atoms with Crippen molar-refractivity contribution >= 4 is 21.6 Å². The third-order valence-corrected chi connectivity index (χ3v) is 5.97. The van der Waals surface area contributed by atoms with Crippen molar-refractivity contribution in [3.63, 3.8) is 0 Å². The van der Waals surface area contributed by atoms with E-state index in [4.69, 9.17) is 9.47 Å². The second-order valence-electron chi connectivity index (χ2n) is 6.86. The third-order valence-electron chi connectivity index (χ3n) is 4.61. The molecular formula is C20H20N4O5S. The molecule has 9 nitrogen and oxygen atoms in total. The van der Waals surface area contributed by atoms with Gasteiger partial charge in [0.15, 0.2) is 11.5 Å². The monoisotopic (exact) mass is 428 g/mol. The van der Waals surface area contributed by atoms with E-state index >= 15 is 0 Å². The van der Waals surface area contributed by atoms with Crippen molar-refractivity contribution in [1.29, 1.82) is 0 Å². The Bertz CT molecular complexity index is 1220. The summed E-state index contributed by atoms with van der Waals surface area (Å²) in [6, 6.07) is 9.24. The van der Waals surface area contributed by atoms with Gasteiger partial charge in [-0.1, -0.05) is 6.07 Å². The Balaban J connectivity index is 1.52. The summed E-state index contributed by atoms with van der Waals surface area (Å²) in [5.41, 5.74) is 2.21. The van der Waals surface area contributed by atoms with E-state index in [1.54, 1.807) is 49.2 Å². The van der Waals surface area contributed by atoms with Crippen molar-refractivity contribution in [3.8, 4) is 11.5 Å². The quantitative estimate of drug-likeness (QED) is 0.623. The summed E-state index contributed by atoms with van der Waals surface area (Å²) in [7, 11) is -2.09. The number of sulfonamides is 1. The van der Waals surface area contributed by atoms with Crippen LogP contribution in [0.2, 0.25) is 0 Å². The molecule has 1 aliphatic heterocycles. The van der Waals surface area contributed by atoms with Crippen molar-refractivity contribution in [2.75, 3.05) is 11.5 Å². The van der Waals surface area contributed by atoms with Gasteiger partial charge in [-0.25, -0.2) is 8.42 Å². The molecule has 3 aromatic rings. The van der Waals surface area contributed by atoms with Crippen LogP contribution in [0.1, 0.15) is 21.5 Å². The summed E-state index contributed by atoms with van der Waals surface area (Å²) in [6.45, 7) is 2.13. The van der Waals surface area contributed by atoms with Gasteiger partial charge in [0.1, 0.15) is 0 Å². The summed E-state index contributed by atoms with van der Waals surface area (Å²) in [4.78, 5) is 12.5. The highest BCUT2D eigenvalue weighted by Crippen LogP contribution is 2.34. The van der Waals surface area contributed by atoms with Crippen molar-refractivity contribution in [2.24, 2.45) is 7.05 Å². The average molecular weight is 428 g/mol. The third kappa shape index (κ3) is 4.08. The van der Waals surface area contributed by atoms with Crippen LogP contribution in [-0.4, -0.2) is 30.9 Å². The van der Waals surface area contributed by atoms with Crippen LogP contribution in [0.15, 0.2) is 53.7 Å². The van der Waals surface area contributed by atoms with E-state index in [-0.39, 0.29) is 17.6 Å². The fourth-order valence-corrected chi connectivity index (χ4v) is 4.11. The molecule has 0 fully saturated rings. The van der Waals surface area contributed by atoms with Crippen LogP contribution in [0, 0.1) is 6.92 Å². The molecule has 4 rings (SSSR count). The van der Waals surface area contributed by atoms with E-state index in [0.29, 0.717) is 34.9 Å². The number of aromatic nitrogens is 2. The molecule has 2 heterocycles. The average Bonchev–Trinajstić information content (AvgIpc) is 3.35. The largest absolute Gasteiger partial charge is 0.454 e. The zero-order chi connectivity index (χ0) is 21.3. The molecular weight excluding hydrogens is 408 g/mol. The first-order valence-electron chi connectivity index (χ1n) is 9.11. The minimum atomic E-state index is -3.88. The Labute approximate surface area is 173 Å². The molecule has 0 bridgehead atoms. The maximum Gasteiger partial charge on any atom is 0.262 e. The van der Waals surface area contributed by atoms with Gasteiger partial charge in [0.05, 0.1) is 16.8 Å². The minimum Gasteiger partial charge on any atom is -0.454 e. The van der Waals surface area contributed by atoms with Gasteiger partial charge in [-0.2, -0.15) is 5.10 Å². The lowest BCUT2D eigenvalue weighted by Crippen LogP contribution is -2.23. The van der Waals surface area contributed by atoms with Crippen molar-refractivity contribution in [3.05, 3.63) is 65.5 Å². The van der Waals surface area contributed by atoms with Gasteiger partial charge >= 0.3 is 0 Å². The van der Waals surface area contributed by atoms with Gasteiger partial charge in [-0.15, -0.1) is 0 Å². The molecule has 0 atom stereocenters. The molecule has 1 aliphatic rings. The van der Waals surface area contributed by atoms with E-state index in [9.17, 15) is 13.2 Å². The molecule has 0 aliphatic carbocycles. The molecule has 0 radical (unpaired) electrons. The van der Waals surface area contributed by atoms with Gasteiger partial charge in [0, 0.05) is 37.0 Å². The van der Waals surface area contributed by atoms with E-state index in [0.717, 1.165) is 5.56 Å². The predicted molar refractivity (Wildman–Crippen MR) is 109 cm³/mol. The van der Waals surface area contributed by atoms with Crippen LogP contribution < -0.4 is 19.5 Å². The first-order chi connectivity index (χ1) is 14.3. The number of fused-ring (bicyclic) bond motifs is 1. The Kier molecular flexibility index (Phi) is 5.08. The van der Waals surface area contributed by atoms with Gasteiger partial charge < -0.3 is 14.8 Å². The van der Waals surface area contributed by atoms with Crippen LogP contribution in [0.5, 0.6) is 11.5 Å². The van der Waals surface area contributed by atoms with Crippen LogP contribution >= 0.6 is 0 Å². The van der Waals surface area contributed by atoms with Crippen molar-refractivity contribution < 1.29 is 22.7 Å². The number of hydrogen-bond donors (Lipinski definition) is 2. The Morgan fingerprint density at radius 2 is 1.97 bits per heavy atom. The van der Waals surface area contributed by atoms with Crippen molar-refractivity contribution in [1.82, 2.24) is 15.1 Å². The zero-order valence-electron chi connectivity index (χ0n) is 16.4. The Morgan fingerprint density at radius 1 is 1.17 bits per heavy atom. The van der Waals surface area contributed by atoms with Gasteiger partial charge in [-0.05, 0) is 36.8 Å². The normalized spacial score (nSPS) is 12.6. The number of nitrogens with one attached hydrogen (secondary N) is 2. The molecule has 2 N–H and O–H groups in total. The molecule has 2 aromatic carbocycles. The van der Waals surface area contributed by atoms with Gasteiger partial charge in [0.25, 0.3) is 15.9 Å². The minimum absolute atomic E-state index is 0.0394. The molecule has 156 valence electrons. The summed E-state index contributed by atoms with van der Waals surface area (Å²) in [6.07, 6.45) is 3.47. The highest BCUT2D eigenvalue weighted by molar-refractivity contribution is 7.92. The Morgan fingerprint density at radius 3 is 2.73 bits per heavy atom. The fourth-order valence-electron chi connectivity index (χ4n) is 2.97. The van der Waals surface area contributed by atoms with E-state index in [1.807, 2.05) is 0 Å².